The summed E-state index contributed by atoms with van der Waals surface area (Å²) in [5.74, 6) is 0.771. The van der Waals surface area contributed by atoms with E-state index in [4.69, 9.17) is 10.5 Å². The number of hydrogen-bond acceptors (Lipinski definition) is 4. The standard InChI is InChI=1S/C7H14N4O/c1-5(2)12-7-9-6(3-4-8)10-11-7/h5H,3-4,8H2,1-2H3,(H,9,10,11). The fourth-order valence-electron chi connectivity index (χ4n) is 0.790. The molecule has 5 heteroatoms. The molecule has 0 saturated carbocycles. The van der Waals surface area contributed by atoms with Crippen molar-refractivity contribution in [2.75, 3.05) is 6.54 Å². The van der Waals surface area contributed by atoms with Crippen LogP contribution in [0.4, 0.5) is 0 Å². The van der Waals surface area contributed by atoms with Crippen LogP contribution in [-0.2, 0) is 6.42 Å². The van der Waals surface area contributed by atoms with E-state index in [0.29, 0.717) is 19.0 Å². The van der Waals surface area contributed by atoms with Gasteiger partial charge in [0, 0.05) is 6.42 Å². The van der Waals surface area contributed by atoms with Crippen LogP contribution in [0.1, 0.15) is 19.7 Å². The van der Waals surface area contributed by atoms with Crippen molar-refractivity contribution in [3.05, 3.63) is 5.82 Å². The lowest BCUT2D eigenvalue weighted by Gasteiger charge is -2.02. The summed E-state index contributed by atoms with van der Waals surface area (Å²) in [5.41, 5.74) is 5.34. The number of nitrogens with two attached hydrogens (primary N) is 1. The Hall–Kier alpha value is -1.10. The normalized spacial score (nSPS) is 10.7. The SMILES string of the molecule is CC(C)Oc1n[nH]c(CCN)n1. The third-order valence-electron chi connectivity index (χ3n) is 1.23. The van der Waals surface area contributed by atoms with Crippen molar-refractivity contribution in [1.82, 2.24) is 15.2 Å². The van der Waals surface area contributed by atoms with E-state index >= 15 is 0 Å². The minimum atomic E-state index is 0.103. The topological polar surface area (TPSA) is 76.8 Å². The Bertz CT molecular complexity index is 233. The zero-order chi connectivity index (χ0) is 8.97. The van der Waals surface area contributed by atoms with Crippen LogP contribution < -0.4 is 10.5 Å². The molecule has 5 nitrogen and oxygen atoms in total. The summed E-state index contributed by atoms with van der Waals surface area (Å²) in [6, 6.07) is 0.397. The van der Waals surface area contributed by atoms with E-state index < -0.39 is 0 Å². The van der Waals surface area contributed by atoms with Crippen molar-refractivity contribution < 1.29 is 4.74 Å². The Kier molecular flexibility index (Phi) is 3.04. The Morgan fingerprint density at radius 1 is 1.58 bits per heavy atom. The van der Waals surface area contributed by atoms with Crippen molar-refractivity contribution in [2.24, 2.45) is 5.73 Å². The molecule has 0 bridgehead atoms. The van der Waals surface area contributed by atoms with Gasteiger partial charge in [0.05, 0.1) is 6.10 Å². The summed E-state index contributed by atoms with van der Waals surface area (Å²) in [7, 11) is 0. The number of ether oxygens (including phenoxy) is 1. The molecule has 0 aromatic carbocycles. The molecular weight excluding hydrogens is 156 g/mol. The number of aromatic nitrogens is 3. The molecule has 1 heterocycles. The molecular formula is C7H14N4O. The van der Waals surface area contributed by atoms with Crippen LogP contribution in [-0.4, -0.2) is 27.8 Å². The molecule has 0 fully saturated rings. The van der Waals surface area contributed by atoms with Crippen LogP contribution in [0.25, 0.3) is 0 Å². The average Bonchev–Trinajstić information content (AvgIpc) is 2.36. The van der Waals surface area contributed by atoms with Crippen molar-refractivity contribution >= 4 is 0 Å². The molecule has 0 atom stereocenters. The molecule has 0 aliphatic rings. The Labute approximate surface area is 71.3 Å². The van der Waals surface area contributed by atoms with Gasteiger partial charge >= 0.3 is 6.01 Å². The molecule has 0 radical (unpaired) electrons. The van der Waals surface area contributed by atoms with E-state index in [0.717, 1.165) is 5.82 Å². The fourth-order valence-corrected chi connectivity index (χ4v) is 0.790. The van der Waals surface area contributed by atoms with Crippen molar-refractivity contribution in [2.45, 2.75) is 26.4 Å². The molecule has 0 unspecified atom stereocenters. The number of nitrogens with one attached hydrogen (secondary N) is 1. The van der Waals surface area contributed by atoms with Crippen LogP contribution in [0.2, 0.25) is 0 Å². The van der Waals surface area contributed by atoms with E-state index in [1.165, 1.54) is 0 Å². The lowest BCUT2D eigenvalue weighted by molar-refractivity contribution is 0.223. The number of nitrogens with zero attached hydrogens (tertiary/aromatic N) is 2. The summed E-state index contributed by atoms with van der Waals surface area (Å²) >= 11 is 0. The number of rotatable bonds is 4. The van der Waals surface area contributed by atoms with Gasteiger partial charge in [0.1, 0.15) is 5.82 Å². The van der Waals surface area contributed by atoms with Crippen LogP contribution in [0, 0.1) is 0 Å². The molecule has 12 heavy (non-hydrogen) atoms. The average molecular weight is 170 g/mol. The maximum Gasteiger partial charge on any atom is 0.335 e. The van der Waals surface area contributed by atoms with E-state index in [1.54, 1.807) is 0 Å². The molecule has 0 amide bonds. The van der Waals surface area contributed by atoms with E-state index in [-0.39, 0.29) is 6.10 Å². The van der Waals surface area contributed by atoms with Gasteiger partial charge in [-0.15, -0.1) is 5.10 Å². The summed E-state index contributed by atoms with van der Waals surface area (Å²) in [5, 5.41) is 6.61. The molecule has 0 aliphatic heterocycles. The van der Waals surface area contributed by atoms with Crippen LogP contribution in [0.3, 0.4) is 0 Å². The van der Waals surface area contributed by atoms with Gasteiger partial charge in [-0.05, 0) is 20.4 Å². The van der Waals surface area contributed by atoms with Crippen LogP contribution in [0.5, 0.6) is 6.01 Å². The monoisotopic (exact) mass is 170 g/mol. The molecule has 1 rings (SSSR count). The van der Waals surface area contributed by atoms with Gasteiger partial charge in [-0.1, -0.05) is 0 Å². The first kappa shape index (κ1) is 8.99. The molecule has 0 saturated heterocycles. The van der Waals surface area contributed by atoms with E-state index in [9.17, 15) is 0 Å². The first-order chi connectivity index (χ1) is 5.72. The summed E-state index contributed by atoms with van der Waals surface area (Å²) < 4.78 is 5.25. The van der Waals surface area contributed by atoms with Gasteiger partial charge in [0.15, 0.2) is 0 Å². The molecule has 3 N–H and O–H groups in total. The van der Waals surface area contributed by atoms with Gasteiger partial charge in [-0.25, -0.2) is 0 Å². The first-order valence-electron chi connectivity index (χ1n) is 4.00. The highest BCUT2D eigenvalue weighted by Gasteiger charge is 2.04. The lowest BCUT2D eigenvalue weighted by Crippen LogP contribution is -2.07. The van der Waals surface area contributed by atoms with Crippen molar-refractivity contribution in [3.63, 3.8) is 0 Å². The second-order valence-electron chi connectivity index (χ2n) is 2.77. The summed E-state index contributed by atoms with van der Waals surface area (Å²) in [4.78, 5) is 4.07. The highest BCUT2D eigenvalue weighted by molar-refractivity contribution is 4.95. The van der Waals surface area contributed by atoms with Gasteiger partial charge < -0.3 is 10.5 Å². The lowest BCUT2D eigenvalue weighted by atomic mass is 10.4. The van der Waals surface area contributed by atoms with E-state index in [1.807, 2.05) is 13.8 Å². The number of aromatic amines is 1. The second-order valence-corrected chi connectivity index (χ2v) is 2.77. The van der Waals surface area contributed by atoms with Gasteiger partial charge in [-0.2, -0.15) is 4.98 Å². The maximum atomic E-state index is 5.34. The van der Waals surface area contributed by atoms with Crippen LogP contribution >= 0.6 is 0 Å². The van der Waals surface area contributed by atoms with Gasteiger partial charge in [0.25, 0.3) is 0 Å². The van der Waals surface area contributed by atoms with Crippen molar-refractivity contribution in [3.8, 4) is 6.01 Å². The van der Waals surface area contributed by atoms with Gasteiger partial charge in [-0.3, -0.25) is 5.10 Å². The fraction of sp³-hybridized carbons (Fsp3) is 0.714. The van der Waals surface area contributed by atoms with Crippen molar-refractivity contribution in [1.29, 1.82) is 0 Å². The molecule has 1 aromatic rings. The maximum absolute atomic E-state index is 5.34. The van der Waals surface area contributed by atoms with Crippen LogP contribution in [0.15, 0.2) is 0 Å². The zero-order valence-electron chi connectivity index (χ0n) is 7.37. The van der Waals surface area contributed by atoms with E-state index in [2.05, 4.69) is 15.2 Å². The third kappa shape index (κ3) is 2.50. The Morgan fingerprint density at radius 2 is 2.33 bits per heavy atom. The summed E-state index contributed by atoms with van der Waals surface area (Å²) in [6.45, 7) is 4.42. The predicted octanol–water partition coefficient (Wildman–Crippen LogP) is 0.0931. The Balaban J connectivity index is 2.52. The number of hydrogen-bond donors (Lipinski definition) is 2. The highest BCUT2D eigenvalue weighted by Crippen LogP contribution is 2.03. The third-order valence-corrected chi connectivity index (χ3v) is 1.23. The largest absolute Gasteiger partial charge is 0.460 e. The molecule has 1 aromatic heterocycles. The zero-order valence-corrected chi connectivity index (χ0v) is 7.37. The first-order valence-corrected chi connectivity index (χ1v) is 4.00. The predicted molar refractivity (Wildman–Crippen MR) is 44.9 cm³/mol. The second kappa shape index (κ2) is 4.06. The minimum Gasteiger partial charge on any atom is -0.460 e. The molecule has 0 aliphatic carbocycles. The summed E-state index contributed by atoms with van der Waals surface area (Å²) in [6.07, 6.45) is 0.806. The smallest absolute Gasteiger partial charge is 0.335 e. The molecule has 0 spiro atoms. The highest BCUT2D eigenvalue weighted by atomic mass is 16.5. The quantitative estimate of drug-likeness (QED) is 0.671. The Morgan fingerprint density at radius 3 is 2.92 bits per heavy atom. The van der Waals surface area contributed by atoms with Gasteiger partial charge in [0.2, 0.25) is 0 Å². The minimum absolute atomic E-state index is 0.103. The number of H-pyrrole nitrogens is 1. The molecule has 68 valence electrons.